The zero-order valence-corrected chi connectivity index (χ0v) is 17.1. The van der Waals surface area contributed by atoms with Crippen molar-refractivity contribution < 1.29 is 28.2 Å². The molecule has 0 unspecified atom stereocenters. The van der Waals surface area contributed by atoms with Gasteiger partial charge in [-0.05, 0) is 61.7 Å². The highest BCUT2D eigenvalue weighted by Crippen LogP contribution is 2.34. The van der Waals surface area contributed by atoms with Crippen LogP contribution in [0, 0.1) is 13.8 Å². The second kappa shape index (κ2) is 8.10. The van der Waals surface area contributed by atoms with E-state index in [1.165, 1.54) is 0 Å². The topological polar surface area (TPSA) is 87.0 Å². The number of hydrogen-bond acceptors (Lipinski definition) is 6. The quantitative estimate of drug-likeness (QED) is 0.624. The Morgan fingerprint density at radius 2 is 1.87 bits per heavy atom. The van der Waals surface area contributed by atoms with E-state index in [0.29, 0.717) is 11.5 Å². The Morgan fingerprint density at radius 3 is 2.70 bits per heavy atom. The van der Waals surface area contributed by atoms with E-state index in [2.05, 4.69) is 5.32 Å². The molecule has 0 fully saturated rings. The van der Waals surface area contributed by atoms with Crippen molar-refractivity contribution in [1.29, 1.82) is 0 Å². The van der Waals surface area contributed by atoms with Crippen LogP contribution in [0.1, 0.15) is 35.2 Å². The Bertz CT molecular complexity index is 1120. The minimum Gasteiger partial charge on any atom is -0.464 e. The zero-order chi connectivity index (χ0) is 21.3. The van der Waals surface area contributed by atoms with Crippen LogP contribution in [0.2, 0.25) is 0 Å². The third-order valence-electron chi connectivity index (χ3n) is 5.24. The van der Waals surface area contributed by atoms with E-state index in [0.717, 1.165) is 33.2 Å². The van der Waals surface area contributed by atoms with Gasteiger partial charge in [0.25, 0.3) is 5.91 Å². The third kappa shape index (κ3) is 4.10. The molecule has 0 aliphatic carbocycles. The molecule has 7 heteroatoms. The molecule has 156 valence electrons. The second-order valence-electron chi connectivity index (χ2n) is 7.43. The minimum absolute atomic E-state index is 0.0422. The van der Waals surface area contributed by atoms with E-state index in [1.807, 2.05) is 45.0 Å². The number of aryl methyl sites for hydroxylation is 2. The minimum atomic E-state index is -0.484. The van der Waals surface area contributed by atoms with Crippen molar-refractivity contribution in [3.8, 4) is 11.5 Å². The molecule has 1 aliphatic heterocycles. The molecule has 1 atom stereocenters. The summed E-state index contributed by atoms with van der Waals surface area (Å²) < 4.78 is 21.3. The SMILES string of the molecule is Cc1cc2occ(CC(=O)OCC(=O)N[C@@H](C)c3ccc4c(c3)OCO4)c2cc1C. The first-order valence-corrected chi connectivity index (χ1v) is 9.72. The summed E-state index contributed by atoms with van der Waals surface area (Å²) in [5.41, 5.74) is 4.59. The highest BCUT2D eigenvalue weighted by Gasteiger charge is 2.18. The summed E-state index contributed by atoms with van der Waals surface area (Å²) in [4.78, 5) is 24.4. The highest BCUT2D eigenvalue weighted by molar-refractivity contribution is 5.87. The molecule has 1 amide bonds. The molecule has 0 radical (unpaired) electrons. The Labute approximate surface area is 173 Å². The number of amides is 1. The van der Waals surface area contributed by atoms with Gasteiger partial charge in [-0.1, -0.05) is 6.07 Å². The predicted octanol–water partition coefficient (Wildman–Crippen LogP) is 3.74. The number of carbonyl (C=O) groups is 2. The monoisotopic (exact) mass is 409 g/mol. The standard InChI is InChI=1S/C23H23NO6/c1-13-6-18-17(10-27-20(18)7-14(13)2)9-23(26)28-11-22(25)24-15(3)16-4-5-19-21(8-16)30-12-29-19/h4-8,10,15H,9,11-12H2,1-3H3,(H,24,25)/t15-/m0/s1. The largest absolute Gasteiger partial charge is 0.464 e. The molecular weight excluding hydrogens is 386 g/mol. The number of furan rings is 1. The summed E-state index contributed by atoms with van der Waals surface area (Å²) >= 11 is 0. The lowest BCUT2D eigenvalue weighted by atomic mass is 10.0. The average Bonchev–Trinajstić information content (AvgIpc) is 3.33. The molecule has 1 aliphatic rings. The van der Waals surface area contributed by atoms with Crippen molar-refractivity contribution >= 4 is 22.8 Å². The summed E-state index contributed by atoms with van der Waals surface area (Å²) in [5, 5.41) is 3.70. The Balaban J connectivity index is 1.30. The van der Waals surface area contributed by atoms with Gasteiger partial charge in [0.1, 0.15) is 5.58 Å². The van der Waals surface area contributed by atoms with Crippen LogP contribution in [0.15, 0.2) is 41.0 Å². The number of benzene rings is 2. The van der Waals surface area contributed by atoms with Crippen LogP contribution in [-0.2, 0) is 20.7 Å². The van der Waals surface area contributed by atoms with E-state index in [9.17, 15) is 9.59 Å². The molecule has 1 N–H and O–H groups in total. The molecule has 30 heavy (non-hydrogen) atoms. The van der Waals surface area contributed by atoms with Crippen LogP contribution in [0.3, 0.4) is 0 Å². The van der Waals surface area contributed by atoms with Crippen LogP contribution < -0.4 is 14.8 Å². The highest BCUT2D eigenvalue weighted by atomic mass is 16.7. The molecule has 0 spiro atoms. The third-order valence-corrected chi connectivity index (χ3v) is 5.24. The molecular formula is C23H23NO6. The van der Waals surface area contributed by atoms with Crippen LogP contribution in [0.25, 0.3) is 11.0 Å². The van der Waals surface area contributed by atoms with E-state index >= 15 is 0 Å². The lowest BCUT2D eigenvalue weighted by molar-refractivity contribution is -0.148. The van der Waals surface area contributed by atoms with Gasteiger partial charge in [-0.3, -0.25) is 9.59 Å². The van der Waals surface area contributed by atoms with Gasteiger partial charge in [0.15, 0.2) is 18.1 Å². The van der Waals surface area contributed by atoms with Gasteiger partial charge >= 0.3 is 5.97 Å². The fourth-order valence-corrected chi connectivity index (χ4v) is 3.37. The first-order chi connectivity index (χ1) is 14.4. The summed E-state index contributed by atoms with van der Waals surface area (Å²) in [6.45, 7) is 5.71. The van der Waals surface area contributed by atoms with Gasteiger partial charge in [0, 0.05) is 10.9 Å². The fraction of sp³-hybridized carbons (Fsp3) is 0.304. The van der Waals surface area contributed by atoms with E-state index in [1.54, 1.807) is 12.3 Å². The van der Waals surface area contributed by atoms with E-state index in [-0.39, 0.29) is 31.8 Å². The van der Waals surface area contributed by atoms with Gasteiger partial charge in [0.05, 0.1) is 18.7 Å². The number of nitrogens with one attached hydrogen (secondary N) is 1. The number of ether oxygens (including phenoxy) is 3. The predicted molar refractivity (Wildman–Crippen MR) is 109 cm³/mol. The summed E-state index contributed by atoms with van der Waals surface area (Å²) in [6, 6.07) is 9.17. The lowest BCUT2D eigenvalue weighted by Crippen LogP contribution is -2.31. The number of hydrogen-bond donors (Lipinski definition) is 1. The van der Waals surface area contributed by atoms with Gasteiger partial charge in [-0.2, -0.15) is 0 Å². The summed E-state index contributed by atoms with van der Waals surface area (Å²) in [6.07, 6.45) is 1.60. The van der Waals surface area contributed by atoms with Crippen molar-refractivity contribution in [2.24, 2.45) is 0 Å². The van der Waals surface area contributed by atoms with Crippen molar-refractivity contribution in [3.05, 3.63) is 58.8 Å². The van der Waals surface area contributed by atoms with Crippen LogP contribution in [0.4, 0.5) is 0 Å². The molecule has 4 rings (SSSR count). The number of fused-ring (bicyclic) bond motifs is 2. The Morgan fingerprint density at radius 1 is 1.10 bits per heavy atom. The first kappa shape index (κ1) is 19.8. The normalized spacial score (nSPS) is 13.3. The maximum absolute atomic E-state index is 12.2. The molecule has 0 saturated carbocycles. The van der Waals surface area contributed by atoms with Crippen molar-refractivity contribution in [3.63, 3.8) is 0 Å². The van der Waals surface area contributed by atoms with Crippen molar-refractivity contribution in [1.82, 2.24) is 5.32 Å². The lowest BCUT2D eigenvalue weighted by Gasteiger charge is -2.15. The van der Waals surface area contributed by atoms with E-state index < -0.39 is 5.97 Å². The van der Waals surface area contributed by atoms with Gasteiger partial charge in [-0.25, -0.2) is 0 Å². The molecule has 7 nitrogen and oxygen atoms in total. The molecule has 0 saturated heterocycles. The zero-order valence-electron chi connectivity index (χ0n) is 17.1. The fourth-order valence-electron chi connectivity index (χ4n) is 3.37. The van der Waals surface area contributed by atoms with Crippen molar-refractivity contribution in [2.45, 2.75) is 33.2 Å². The number of rotatable bonds is 6. The van der Waals surface area contributed by atoms with Crippen LogP contribution >= 0.6 is 0 Å². The smallest absolute Gasteiger partial charge is 0.310 e. The summed E-state index contributed by atoms with van der Waals surface area (Å²) in [7, 11) is 0. The molecule has 2 aromatic carbocycles. The Hall–Kier alpha value is -3.48. The molecule has 2 heterocycles. The van der Waals surface area contributed by atoms with Crippen molar-refractivity contribution in [2.75, 3.05) is 13.4 Å². The Kier molecular flexibility index (Phi) is 5.35. The van der Waals surface area contributed by atoms with E-state index in [4.69, 9.17) is 18.6 Å². The van der Waals surface area contributed by atoms with Crippen LogP contribution in [0.5, 0.6) is 11.5 Å². The molecule has 3 aromatic rings. The maximum atomic E-state index is 12.2. The summed E-state index contributed by atoms with van der Waals surface area (Å²) in [5.74, 6) is 0.472. The molecule has 1 aromatic heterocycles. The number of carbonyl (C=O) groups excluding carboxylic acids is 2. The van der Waals surface area contributed by atoms with Gasteiger partial charge in [-0.15, -0.1) is 0 Å². The van der Waals surface area contributed by atoms with Gasteiger partial charge < -0.3 is 23.9 Å². The maximum Gasteiger partial charge on any atom is 0.310 e. The second-order valence-corrected chi connectivity index (χ2v) is 7.43. The first-order valence-electron chi connectivity index (χ1n) is 9.72. The van der Waals surface area contributed by atoms with Crippen LogP contribution in [-0.4, -0.2) is 25.3 Å². The van der Waals surface area contributed by atoms with Gasteiger partial charge in [0.2, 0.25) is 6.79 Å². The molecule has 0 bridgehead atoms. The number of esters is 1. The average molecular weight is 409 g/mol.